The number of hydrogen-bond donors (Lipinski definition) is 1. The lowest BCUT2D eigenvalue weighted by Crippen LogP contribution is -2.33. The van der Waals surface area contributed by atoms with Crippen LogP contribution in [0.4, 0.5) is 0 Å². The Hall–Kier alpha value is -1.23. The summed E-state index contributed by atoms with van der Waals surface area (Å²) in [4.78, 5) is 13.9. The molecule has 0 saturated heterocycles. The lowest BCUT2D eigenvalue weighted by Gasteiger charge is -2.19. The van der Waals surface area contributed by atoms with Crippen LogP contribution < -0.4 is 0 Å². The maximum Gasteiger partial charge on any atom is 0.164 e. The van der Waals surface area contributed by atoms with Gasteiger partial charge in [-0.15, -0.1) is 0 Å². The molecule has 0 heterocycles. The number of rotatable bonds is 8. The van der Waals surface area contributed by atoms with Gasteiger partial charge in [0.2, 0.25) is 0 Å². The van der Waals surface area contributed by atoms with Crippen molar-refractivity contribution in [2.75, 3.05) is 33.9 Å². The average Bonchev–Trinajstić information content (AvgIpc) is 2.37. The number of methoxy groups -OCH3 is 1. The molecule has 0 spiro atoms. The van der Waals surface area contributed by atoms with Crippen molar-refractivity contribution in [3.8, 4) is 0 Å². The van der Waals surface area contributed by atoms with Gasteiger partial charge in [0.25, 0.3) is 0 Å². The summed E-state index contributed by atoms with van der Waals surface area (Å²) in [6, 6.07) is 7.60. The minimum absolute atomic E-state index is 0.132. The van der Waals surface area contributed by atoms with Gasteiger partial charge in [-0.1, -0.05) is 29.8 Å². The third-order valence-electron chi connectivity index (χ3n) is 2.98. The Morgan fingerprint density at radius 1 is 1.37 bits per heavy atom. The van der Waals surface area contributed by atoms with Crippen molar-refractivity contribution in [3.63, 3.8) is 0 Å². The summed E-state index contributed by atoms with van der Waals surface area (Å²) >= 11 is 0. The molecule has 0 fully saturated rings. The van der Waals surface area contributed by atoms with Crippen molar-refractivity contribution >= 4 is 5.78 Å². The smallest absolute Gasteiger partial charge is 0.164 e. The van der Waals surface area contributed by atoms with Gasteiger partial charge in [-0.3, -0.25) is 4.79 Å². The van der Waals surface area contributed by atoms with Gasteiger partial charge < -0.3 is 14.7 Å². The van der Waals surface area contributed by atoms with E-state index in [0.717, 1.165) is 11.1 Å². The highest BCUT2D eigenvalue weighted by atomic mass is 16.5. The number of benzene rings is 1. The lowest BCUT2D eigenvalue weighted by atomic mass is 10.1. The molecule has 1 unspecified atom stereocenters. The highest BCUT2D eigenvalue weighted by molar-refractivity contribution is 5.96. The van der Waals surface area contributed by atoms with E-state index < -0.39 is 6.10 Å². The fraction of sp³-hybridized carbons (Fsp3) is 0.533. The van der Waals surface area contributed by atoms with E-state index >= 15 is 0 Å². The van der Waals surface area contributed by atoms with Crippen LogP contribution in [0.5, 0.6) is 0 Å². The van der Waals surface area contributed by atoms with Crippen LogP contribution in [0.1, 0.15) is 22.3 Å². The first kappa shape index (κ1) is 15.8. The quantitative estimate of drug-likeness (QED) is 0.724. The van der Waals surface area contributed by atoms with Gasteiger partial charge in [0, 0.05) is 32.2 Å². The van der Waals surface area contributed by atoms with Gasteiger partial charge in [0.15, 0.2) is 5.78 Å². The molecule has 1 N–H and O–H groups in total. The van der Waals surface area contributed by atoms with Gasteiger partial charge in [0.1, 0.15) is 0 Å². The number of nitrogens with zero attached hydrogens (tertiary/aromatic N) is 1. The van der Waals surface area contributed by atoms with E-state index in [-0.39, 0.29) is 5.78 Å². The first-order chi connectivity index (χ1) is 9.02. The van der Waals surface area contributed by atoms with Gasteiger partial charge in [-0.05, 0) is 14.0 Å². The number of aliphatic hydroxyl groups is 1. The molecular weight excluding hydrogens is 242 g/mol. The molecule has 106 valence electrons. The highest BCUT2D eigenvalue weighted by Crippen LogP contribution is 2.06. The zero-order valence-corrected chi connectivity index (χ0v) is 11.9. The fourth-order valence-electron chi connectivity index (χ4n) is 1.87. The van der Waals surface area contributed by atoms with E-state index in [9.17, 15) is 9.90 Å². The second-order valence-corrected chi connectivity index (χ2v) is 4.91. The minimum atomic E-state index is -0.510. The molecule has 0 amide bonds. The molecule has 4 nitrogen and oxygen atoms in total. The molecule has 0 saturated carbocycles. The Labute approximate surface area is 115 Å². The van der Waals surface area contributed by atoms with E-state index in [1.165, 1.54) is 0 Å². The van der Waals surface area contributed by atoms with Gasteiger partial charge in [0.05, 0.1) is 12.7 Å². The molecule has 1 aromatic rings. The van der Waals surface area contributed by atoms with E-state index in [1.54, 1.807) is 7.11 Å². The number of ether oxygens (including phenoxy) is 1. The van der Waals surface area contributed by atoms with E-state index in [2.05, 4.69) is 0 Å². The Balaban J connectivity index is 2.35. The van der Waals surface area contributed by atoms with E-state index in [4.69, 9.17) is 4.74 Å². The average molecular weight is 265 g/mol. The molecule has 0 radical (unpaired) electrons. The number of likely N-dealkylation sites (N-methyl/N-ethyl adjacent to an activating group) is 1. The SMILES string of the molecule is COCC(O)CN(C)CCC(=O)c1ccc(C)cc1. The molecule has 1 atom stereocenters. The Kier molecular flexibility index (Phi) is 6.70. The molecule has 0 aromatic heterocycles. The van der Waals surface area contributed by atoms with Crippen LogP contribution in [0.25, 0.3) is 0 Å². The van der Waals surface area contributed by atoms with Gasteiger partial charge >= 0.3 is 0 Å². The standard InChI is InChI=1S/C15H23NO3/c1-12-4-6-13(7-5-12)15(18)8-9-16(2)10-14(17)11-19-3/h4-7,14,17H,8-11H2,1-3H3. The molecule has 19 heavy (non-hydrogen) atoms. The van der Waals surface area contributed by atoms with Crippen molar-refractivity contribution in [2.24, 2.45) is 0 Å². The summed E-state index contributed by atoms with van der Waals surface area (Å²) in [5, 5.41) is 9.58. The number of Topliss-reactive ketones (excluding diaryl/α,β-unsaturated/α-hetero) is 1. The van der Waals surface area contributed by atoms with Crippen LogP contribution in [0.2, 0.25) is 0 Å². The van der Waals surface area contributed by atoms with Crippen molar-refractivity contribution in [3.05, 3.63) is 35.4 Å². The molecule has 0 aliphatic rings. The monoisotopic (exact) mass is 265 g/mol. The largest absolute Gasteiger partial charge is 0.389 e. The summed E-state index contributed by atoms with van der Waals surface area (Å²) in [5.74, 6) is 0.132. The highest BCUT2D eigenvalue weighted by Gasteiger charge is 2.10. The van der Waals surface area contributed by atoms with Gasteiger partial charge in [-0.25, -0.2) is 0 Å². The number of carbonyl (C=O) groups is 1. The Morgan fingerprint density at radius 3 is 2.58 bits per heavy atom. The first-order valence-electron chi connectivity index (χ1n) is 6.48. The van der Waals surface area contributed by atoms with Crippen LogP contribution in [0.15, 0.2) is 24.3 Å². The fourth-order valence-corrected chi connectivity index (χ4v) is 1.87. The molecule has 0 aliphatic heterocycles. The first-order valence-corrected chi connectivity index (χ1v) is 6.48. The van der Waals surface area contributed by atoms with Crippen molar-refractivity contribution < 1.29 is 14.6 Å². The van der Waals surface area contributed by atoms with E-state index in [1.807, 2.05) is 43.1 Å². The Morgan fingerprint density at radius 2 is 2.00 bits per heavy atom. The topological polar surface area (TPSA) is 49.8 Å². The van der Waals surface area contributed by atoms with Crippen LogP contribution in [-0.2, 0) is 4.74 Å². The normalized spacial score (nSPS) is 12.7. The summed E-state index contributed by atoms with van der Waals surface area (Å²) in [7, 11) is 3.45. The summed E-state index contributed by atoms with van der Waals surface area (Å²) < 4.78 is 4.87. The van der Waals surface area contributed by atoms with Crippen molar-refractivity contribution in [2.45, 2.75) is 19.4 Å². The third-order valence-corrected chi connectivity index (χ3v) is 2.98. The second kappa shape index (κ2) is 8.04. The van der Waals surface area contributed by atoms with Crippen LogP contribution in [-0.4, -0.2) is 55.7 Å². The molecule has 4 heteroatoms. The number of aliphatic hydroxyl groups excluding tert-OH is 1. The van der Waals surface area contributed by atoms with E-state index in [0.29, 0.717) is 26.1 Å². The van der Waals surface area contributed by atoms with Crippen molar-refractivity contribution in [1.82, 2.24) is 4.90 Å². The van der Waals surface area contributed by atoms with Crippen molar-refractivity contribution in [1.29, 1.82) is 0 Å². The van der Waals surface area contributed by atoms with Crippen LogP contribution >= 0.6 is 0 Å². The maximum atomic E-state index is 12.0. The predicted molar refractivity (Wildman–Crippen MR) is 75.5 cm³/mol. The number of carbonyl (C=O) groups excluding carboxylic acids is 1. The van der Waals surface area contributed by atoms with Gasteiger partial charge in [-0.2, -0.15) is 0 Å². The zero-order valence-electron chi connectivity index (χ0n) is 11.9. The minimum Gasteiger partial charge on any atom is -0.389 e. The Bertz CT molecular complexity index is 389. The summed E-state index contributed by atoms with van der Waals surface area (Å²) in [5.41, 5.74) is 1.90. The summed E-state index contributed by atoms with van der Waals surface area (Å²) in [6.45, 7) is 3.46. The van der Waals surface area contributed by atoms with Crippen LogP contribution in [0, 0.1) is 6.92 Å². The molecule has 1 aromatic carbocycles. The third kappa shape index (κ3) is 5.96. The maximum absolute atomic E-state index is 12.0. The number of aryl methyl sites for hydroxylation is 1. The zero-order chi connectivity index (χ0) is 14.3. The molecular formula is C15H23NO3. The number of ketones is 1. The molecule has 0 aliphatic carbocycles. The number of hydrogen-bond acceptors (Lipinski definition) is 4. The summed E-state index contributed by atoms with van der Waals surface area (Å²) in [6.07, 6.45) is -0.0521. The second-order valence-electron chi connectivity index (χ2n) is 4.91. The lowest BCUT2D eigenvalue weighted by molar-refractivity contribution is 0.0428. The molecule has 0 bridgehead atoms. The van der Waals surface area contributed by atoms with Crippen LogP contribution in [0.3, 0.4) is 0 Å². The predicted octanol–water partition coefficient (Wildman–Crippen LogP) is 1.51. The molecule has 1 rings (SSSR count).